The summed E-state index contributed by atoms with van der Waals surface area (Å²) in [5, 5.41) is 10.6. The molecule has 0 heterocycles. The topological polar surface area (TPSA) is 72.6 Å². The number of hydrogen-bond donors (Lipinski definition) is 2. The van der Waals surface area contributed by atoms with Crippen LogP contribution in [-0.2, 0) is 16.8 Å². The maximum atomic E-state index is 10.8. The van der Waals surface area contributed by atoms with Gasteiger partial charge >= 0.3 is 6.09 Å². The van der Waals surface area contributed by atoms with Crippen LogP contribution in [-0.4, -0.2) is 19.3 Å². The first kappa shape index (κ1) is 19.4. The first-order valence-corrected chi connectivity index (χ1v) is 11.2. The van der Waals surface area contributed by atoms with Gasteiger partial charge in [0.2, 0.25) is 0 Å². The first-order valence-electron chi connectivity index (χ1n) is 7.33. The van der Waals surface area contributed by atoms with Crippen LogP contribution in [0.5, 0.6) is 5.75 Å². The van der Waals surface area contributed by atoms with Gasteiger partial charge in [0, 0.05) is 5.56 Å². The second-order valence-electron chi connectivity index (χ2n) is 7.47. The lowest BCUT2D eigenvalue weighted by molar-refractivity contribution is 0.149. The summed E-state index contributed by atoms with van der Waals surface area (Å²) in [6, 6.07) is 1.58. The third-order valence-electron chi connectivity index (χ3n) is 3.02. The Balaban J connectivity index is 3.54. The zero-order valence-electron chi connectivity index (χ0n) is 14.5. The van der Waals surface area contributed by atoms with Gasteiger partial charge in [0.25, 0.3) is 0 Å². The molecule has 0 atom stereocenters. The van der Waals surface area contributed by atoms with Crippen molar-refractivity contribution in [2.75, 3.05) is 0 Å². The number of phenols is 1. The monoisotopic (exact) mass is 353 g/mol. The fourth-order valence-corrected chi connectivity index (χ4v) is 3.09. The van der Waals surface area contributed by atoms with Gasteiger partial charge in [-0.15, -0.1) is 5.54 Å². The third kappa shape index (κ3) is 5.49. The molecule has 3 N–H and O–H groups in total. The molecule has 1 amide bonds. The van der Waals surface area contributed by atoms with Crippen LogP contribution in [0.25, 0.3) is 0 Å². The first-order chi connectivity index (χ1) is 10.3. The Labute approximate surface area is 144 Å². The zero-order chi connectivity index (χ0) is 18.0. The number of ether oxygens (including phenoxy) is 1. The number of hydrogen-bond acceptors (Lipinski definition) is 3. The number of rotatable bonds is 2. The van der Waals surface area contributed by atoms with E-state index >= 15 is 0 Å². The van der Waals surface area contributed by atoms with Gasteiger partial charge in [-0.1, -0.05) is 57.9 Å². The Bertz CT molecular complexity index is 676. The number of phenolic OH excluding ortho intramolecular Hbond substituents is 1. The minimum atomic E-state index is -1.57. The number of amides is 1. The van der Waals surface area contributed by atoms with E-state index in [4.69, 9.17) is 22.1 Å². The van der Waals surface area contributed by atoms with Crippen molar-refractivity contribution in [3.05, 3.63) is 27.8 Å². The minimum Gasteiger partial charge on any atom is -0.507 e. The van der Waals surface area contributed by atoms with Crippen molar-refractivity contribution in [3.8, 4) is 17.2 Å². The molecule has 0 spiro atoms. The summed E-state index contributed by atoms with van der Waals surface area (Å²) in [4.78, 5) is 10.8. The standard InChI is InChI=1S/C17H24ClNO3Si/c1-17(2,3)14-11(7-8-23(4,5)6)9-13(20)12(15(14)18)10-22-16(19)21/h9,20H,10H2,1-6H3,(H2,19,21). The maximum Gasteiger partial charge on any atom is 0.404 e. The summed E-state index contributed by atoms with van der Waals surface area (Å²) in [7, 11) is -1.57. The van der Waals surface area contributed by atoms with Gasteiger partial charge in [0.1, 0.15) is 20.4 Å². The van der Waals surface area contributed by atoms with Crippen LogP contribution in [0, 0.1) is 11.5 Å². The molecular weight excluding hydrogens is 330 g/mol. The number of primary amides is 1. The molecule has 23 heavy (non-hydrogen) atoms. The summed E-state index contributed by atoms with van der Waals surface area (Å²) in [6.45, 7) is 12.3. The lowest BCUT2D eigenvalue weighted by Crippen LogP contribution is -2.18. The molecule has 0 saturated heterocycles. The lowest BCUT2D eigenvalue weighted by atomic mass is 9.82. The van der Waals surface area contributed by atoms with Crippen LogP contribution in [0.15, 0.2) is 6.07 Å². The SMILES string of the molecule is CC(C)(C)c1c(C#C[Si](C)(C)C)cc(O)c(COC(N)=O)c1Cl. The van der Waals surface area contributed by atoms with Crippen molar-refractivity contribution in [3.63, 3.8) is 0 Å². The van der Waals surface area contributed by atoms with Crippen LogP contribution in [0.1, 0.15) is 37.5 Å². The van der Waals surface area contributed by atoms with Gasteiger partial charge in [-0.05, 0) is 17.0 Å². The van der Waals surface area contributed by atoms with E-state index in [-0.39, 0.29) is 17.8 Å². The Hall–Kier alpha value is -1.64. The molecule has 0 unspecified atom stereocenters. The molecule has 6 heteroatoms. The fraction of sp³-hybridized carbons (Fsp3) is 0.471. The lowest BCUT2D eigenvalue weighted by Gasteiger charge is -2.25. The van der Waals surface area contributed by atoms with Gasteiger partial charge in [0.05, 0.1) is 10.6 Å². The largest absolute Gasteiger partial charge is 0.507 e. The molecule has 0 aromatic heterocycles. The zero-order valence-corrected chi connectivity index (χ0v) is 16.3. The number of aromatic hydroxyl groups is 1. The molecule has 0 aliphatic rings. The van der Waals surface area contributed by atoms with Crippen molar-refractivity contribution in [2.45, 2.75) is 52.4 Å². The van der Waals surface area contributed by atoms with E-state index in [2.05, 4.69) is 31.1 Å². The molecule has 126 valence electrons. The number of halogens is 1. The van der Waals surface area contributed by atoms with Crippen molar-refractivity contribution < 1.29 is 14.6 Å². The Morgan fingerprint density at radius 1 is 1.39 bits per heavy atom. The number of benzene rings is 1. The normalized spacial score (nSPS) is 11.6. The average molecular weight is 354 g/mol. The molecule has 0 fully saturated rings. The molecule has 1 aromatic carbocycles. The van der Waals surface area contributed by atoms with Crippen molar-refractivity contribution >= 4 is 25.8 Å². The highest BCUT2D eigenvalue weighted by Gasteiger charge is 2.25. The quantitative estimate of drug-likeness (QED) is 0.619. The second-order valence-corrected chi connectivity index (χ2v) is 12.6. The molecule has 0 aliphatic carbocycles. The predicted molar refractivity (Wildman–Crippen MR) is 96.4 cm³/mol. The van der Waals surface area contributed by atoms with E-state index in [0.717, 1.165) is 5.56 Å². The van der Waals surface area contributed by atoms with Crippen LogP contribution in [0.2, 0.25) is 24.7 Å². The number of nitrogens with two attached hydrogens (primary N) is 1. The second kappa shape index (κ2) is 6.86. The Kier molecular flexibility index (Phi) is 5.78. The average Bonchev–Trinajstić information content (AvgIpc) is 2.32. The molecule has 4 nitrogen and oxygen atoms in total. The molecule has 1 aromatic rings. The van der Waals surface area contributed by atoms with E-state index < -0.39 is 14.2 Å². The number of carbonyl (C=O) groups is 1. The van der Waals surface area contributed by atoms with Crippen LogP contribution < -0.4 is 5.73 Å². The highest BCUT2D eigenvalue weighted by atomic mass is 35.5. The number of carbonyl (C=O) groups excluding carboxylic acids is 1. The van der Waals surface area contributed by atoms with E-state index in [0.29, 0.717) is 16.1 Å². The van der Waals surface area contributed by atoms with Crippen LogP contribution in [0.3, 0.4) is 0 Å². The van der Waals surface area contributed by atoms with Gasteiger partial charge < -0.3 is 15.6 Å². The van der Waals surface area contributed by atoms with E-state index in [9.17, 15) is 9.90 Å². The summed E-state index contributed by atoms with van der Waals surface area (Å²) in [6.07, 6.45) is -0.916. The van der Waals surface area contributed by atoms with Crippen LogP contribution >= 0.6 is 11.6 Å². The van der Waals surface area contributed by atoms with Crippen molar-refractivity contribution in [1.29, 1.82) is 0 Å². The fourth-order valence-electron chi connectivity index (χ4n) is 2.04. The summed E-state index contributed by atoms with van der Waals surface area (Å²) in [5.74, 6) is 3.12. The third-order valence-corrected chi connectivity index (χ3v) is 4.32. The molecule has 0 radical (unpaired) electrons. The summed E-state index contributed by atoms with van der Waals surface area (Å²) >= 11 is 6.49. The van der Waals surface area contributed by atoms with Crippen LogP contribution in [0.4, 0.5) is 4.79 Å². The highest BCUT2D eigenvalue weighted by molar-refractivity contribution is 6.83. The predicted octanol–water partition coefficient (Wildman–Crippen LogP) is 4.17. The molecular formula is C17H24ClNO3Si. The minimum absolute atomic E-state index is 0.0517. The maximum absolute atomic E-state index is 10.8. The Morgan fingerprint density at radius 2 is 1.96 bits per heavy atom. The molecule has 0 bridgehead atoms. The molecule has 0 saturated carbocycles. The van der Waals surface area contributed by atoms with Gasteiger partial charge in [0.15, 0.2) is 0 Å². The van der Waals surface area contributed by atoms with E-state index in [1.807, 2.05) is 20.8 Å². The highest BCUT2D eigenvalue weighted by Crippen LogP contribution is 2.39. The van der Waals surface area contributed by atoms with Crippen molar-refractivity contribution in [2.24, 2.45) is 5.73 Å². The Morgan fingerprint density at radius 3 is 2.39 bits per heavy atom. The van der Waals surface area contributed by atoms with E-state index in [1.165, 1.54) is 0 Å². The molecule has 1 rings (SSSR count). The summed E-state index contributed by atoms with van der Waals surface area (Å²) in [5.41, 5.74) is 9.86. The van der Waals surface area contributed by atoms with Gasteiger partial charge in [-0.25, -0.2) is 4.79 Å². The summed E-state index contributed by atoms with van der Waals surface area (Å²) < 4.78 is 4.78. The van der Waals surface area contributed by atoms with Gasteiger partial charge in [-0.2, -0.15) is 0 Å². The van der Waals surface area contributed by atoms with E-state index in [1.54, 1.807) is 6.07 Å². The molecule has 0 aliphatic heterocycles. The van der Waals surface area contributed by atoms with Crippen molar-refractivity contribution in [1.82, 2.24) is 0 Å². The smallest absolute Gasteiger partial charge is 0.404 e. The van der Waals surface area contributed by atoms with Gasteiger partial charge in [-0.3, -0.25) is 0 Å².